The van der Waals surface area contributed by atoms with E-state index in [1.165, 1.54) is 24.1 Å². The molecule has 0 amide bonds. The van der Waals surface area contributed by atoms with Gasteiger partial charge in [0.05, 0.1) is 28.5 Å². The molecule has 2 aliphatic rings. The van der Waals surface area contributed by atoms with Crippen LogP contribution in [0.1, 0.15) is 25.3 Å². The number of rotatable bonds is 6. The number of nitrogens with one attached hydrogen (secondary N) is 3. The van der Waals surface area contributed by atoms with Crippen molar-refractivity contribution in [2.75, 3.05) is 50.0 Å². The minimum absolute atomic E-state index is 0.0751. The lowest BCUT2D eigenvalue weighted by Crippen LogP contribution is -2.49. The largest absolute Gasteiger partial charge is 0.401 e. The lowest BCUT2D eigenvalue weighted by Gasteiger charge is -2.36. The third kappa shape index (κ3) is 5.88. The second kappa shape index (κ2) is 10.0. The van der Waals surface area contributed by atoms with Crippen LogP contribution in [0.3, 0.4) is 0 Å². The van der Waals surface area contributed by atoms with Crippen molar-refractivity contribution in [3.63, 3.8) is 0 Å². The molecule has 0 saturated carbocycles. The van der Waals surface area contributed by atoms with Gasteiger partial charge in [0, 0.05) is 50.6 Å². The average Bonchev–Trinajstić information content (AvgIpc) is 3.22. The number of piperazine rings is 1. The van der Waals surface area contributed by atoms with Crippen LogP contribution in [0.2, 0.25) is 0 Å². The maximum Gasteiger partial charge on any atom is 0.401 e. The summed E-state index contributed by atoms with van der Waals surface area (Å²) in [5, 5.41) is 3.26. The number of sulfonamides is 1. The summed E-state index contributed by atoms with van der Waals surface area (Å²) < 4.78 is 65.8. The van der Waals surface area contributed by atoms with E-state index < -0.39 is 22.7 Å². The smallest absolute Gasteiger partial charge is 0.367 e. The normalized spacial score (nSPS) is 18.7. The molecule has 1 fully saturated rings. The van der Waals surface area contributed by atoms with Crippen molar-refractivity contribution in [1.29, 1.82) is 0 Å². The van der Waals surface area contributed by atoms with Crippen LogP contribution in [0.15, 0.2) is 52.1 Å². The molecular weight excluding hydrogens is 481 g/mol. The van der Waals surface area contributed by atoms with Crippen molar-refractivity contribution in [2.45, 2.75) is 30.8 Å². The van der Waals surface area contributed by atoms with Gasteiger partial charge in [0.25, 0.3) is 0 Å². The van der Waals surface area contributed by atoms with Gasteiger partial charge in [-0.2, -0.15) is 13.2 Å². The molecule has 0 unspecified atom stereocenters. The van der Waals surface area contributed by atoms with E-state index in [-0.39, 0.29) is 18.0 Å². The first-order valence-corrected chi connectivity index (χ1v) is 12.9. The van der Waals surface area contributed by atoms with E-state index in [1.54, 1.807) is 12.3 Å². The van der Waals surface area contributed by atoms with E-state index in [0.29, 0.717) is 30.9 Å². The van der Waals surface area contributed by atoms with Gasteiger partial charge in [-0.05, 0) is 43.3 Å². The van der Waals surface area contributed by atoms with Gasteiger partial charge in [0.15, 0.2) is 0 Å². The highest BCUT2D eigenvalue weighted by molar-refractivity contribution is 7.89. The number of aromatic amines is 1. The number of aromatic nitrogens is 1. The van der Waals surface area contributed by atoms with Crippen molar-refractivity contribution in [1.82, 2.24) is 14.6 Å². The van der Waals surface area contributed by atoms with Crippen molar-refractivity contribution in [3.05, 3.63) is 47.8 Å². The van der Waals surface area contributed by atoms with Gasteiger partial charge in [0.1, 0.15) is 5.82 Å². The lowest BCUT2D eigenvalue weighted by atomic mass is 10.0. The molecule has 3 heterocycles. The zero-order chi connectivity index (χ0) is 25.2. The average molecular weight is 511 g/mol. The zero-order valence-electron chi connectivity index (χ0n) is 19.6. The molecule has 35 heavy (non-hydrogen) atoms. The summed E-state index contributed by atoms with van der Waals surface area (Å²) in [4.78, 5) is 11.5. The molecule has 3 N–H and O–H groups in total. The van der Waals surface area contributed by atoms with E-state index in [9.17, 15) is 21.6 Å². The summed E-state index contributed by atoms with van der Waals surface area (Å²) in [6, 6.07) is 6.63. The molecule has 0 aliphatic carbocycles. The van der Waals surface area contributed by atoms with Gasteiger partial charge < -0.3 is 15.2 Å². The number of hydrogen-bond donors (Lipinski definition) is 3. The Kier molecular flexibility index (Phi) is 7.25. The van der Waals surface area contributed by atoms with Crippen LogP contribution >= 0.6 is 0 Å². The van der Waals surface area contributed by atoms with Gasteiger partial charge in [-0.3, -0.25) is 9.89 Å². The molecule has 1 aromatic carbocycles. The standard InChI is InChI=1S/C23H29F3N6O2S/c1-3-16-12-19(18-6-7-28-22(18)29-14-16)30-20-13-17(35(33,34)27-2)4-5-21(20)32-10-8-31(9-11-32)15-23(24,25)26/h4-7,13-14,27-29H,3,8-12,15H2,1-2H3. The number of anilines is 2. The van der Waals surface area contributed by atoms with E-state index in [2.05, 4.69) is 21.9 Å². The Hall–Kier alpha value is -2.83. The molecule has 2 aromatic rings. The maximum absolute atomic E-state index is 12.8. The maximum atomic E-state index is 12.8. The first kappa shape index (κ1) is 25.3. The minimum atomic E-state index is -4.24. The first-order chi connectivity index (χ1) is 16.6. The third-order valence-corrected chi connectivity index (χ3v) is 7.64. The van der Waals surface area contributed by atoms with E-state index in [4.69, 9.17) is 4.99 Å². The Morgan fingerprint density at radius 2 is 1.89 bits per heavy atom. The van der Waals surface area contributed by atoms with Crippen LogP contribution < -0.4 is 14.9 Å². The second-order valence-corrected chi connectivity index (χ2v) is 10.4. The molecule has 190 valence electrons. The topological polar surface area (TPSA) is 92.8 Å². The van der Waals surface area contributed by atoms with Crippen molar-refractivity contribution in [2.24, 2.45) is 4.99 Å². The number of alkyl halides is 3. The van der Waals surface area contributed by atoms with Crippen LogP contribution in [0.4, 0.5) is 30.4 Å². The fraction of sp³-hybridized carbons (Fsp3) is 0.435. The van der Waals surface area contributed by atoms with Crippen molar-refractivity contribution < 1.29 is 21.6 Å². The fourth-order valence-corrected chi connectivity index (χ4v) is 5.03. The summed E-state index contributed by atoms with van der Waals surface area (Å²) in [7, 11) is -2.37. The predicted molar refractivity (Wildman–Crippen MR) is 131 cm³/mol. The number of aliphatic imine (C=N–C) groups is 1. The highest BCUT2D eigenvalue weighted by atomic mass is 32.2. The quantitative estimate of drug-likeness (QED) is 0.549. The summed E-state index contributed by atoms with van der Waals surface area (Å²) >= 11 is 0. The van der Waals surface area contributed by atoms with Crippen molar-refractivity contribution >= 4 is 32.9 Å². The second-order valence-electron chi connectivity index (χ2n) is 8.54. The summed E-state index contributed by atoms with van der Waals surface area (Å²) in [6.07, 6.45) is 0.907. The van der Waals surface area contributed by atoms with Gasteiger partial charge in [-0.1, -0.05) is 6.92 Å². The van der Waals surface area contributed by atoms with Crippen LogP contribution in [0.5, 0.6) is 0 Å². The van der Waals surface area contributed by atoms with Gasteiger partial charge >= 0.3 is 6.18 Å². The lowest BCUT2D eigenvalue weighted by molar-refractivity contribution is -0.146. The summed E-state index contributed by atoms with van der Waals surface area (Å²) in [6.45, 7) is 2.37. The van der Waals surface area contributed by atoms with Gasteiger partial charge in [-0.25, -0.2) is 13.1 Å². The Balaban J connectivity index is 1.73. The predicted octanol–water partition coefficient (Wildman–Crippen LogP) is 3.84. The third-order valence-electron chi connectivity index (χ3n) is 6.22. The Morgan fingerprint density at radius 3 is 2.54 bits per heavy atom. The van der Waals surface area contributed by atoms with Crippen LogP contribution in [0.25, 0.3) is 0 Å². The summed E-state index contributed by atoms with van der Waals surface area (Å²) in [5.74, 6) is 0.800. The molecule has 12 heteroatoms. The number of fused-ring (bicyclic) bond motifs is 1. The highest BCUT2D eigenvalue weighted by Gasteiger charge is 2.32. The van der Waals surface area contributed by atoms with Crippen molar-refractivity contribution in [3.8, 4) is 0 Å². The summed E-state index contributed by atoms with van der Waals surface area (Å²) in [5.41, 5.74) is 3.94. The number of halogens is 3. The monoisotopic (exact) mass is 510 g/mol. The Bertz CT molecular complexity index is 1230. The number of benzene rings is 1. The van der Waals surface area contributed by atoms with Crippen LogP contribution in [-0.4, -0.2) is 70.0 Å². The molecule has 0 atom stereocenters. The molecule has 4 rings (SSSR count). The molecule has 0 radical (unpaired) electrons. The first-order valence-electron chi connectivity index (χ1n) is 11.4. The van der Waals surface area contributed by atoms with Crippen LogP contribution in [-0.2, 0) is 10.0 Å². The van der Waals surface area contributed by atoms with E-state index in [1.807, 2.05) is 17.2 Å². The molecular formula is C23H29F3N6O2S. The van der Waals surface area contributed by atoms with E-state index in [0.717, 1.165) is 29.1 Å². The molecule has 2 aliphatic heterocycles. The number of hydrogen-bond acceptors (Lipinski definition) is 6. The number of nitrogens with zero attached hydrogens (tertiary/aromatic N) is 3. The molecule has 8 nitrogen and oxygen atoms in total. The highest BCUT2D eigenvalue weighted by Crippen LogP contribution is 2.35. The van der Waals surface area contributed by atoms with Gasteiger partial charge in [0.2, 0.25) is 10.0 Å². The SMILES string of the molecule is CCC1=CNc2[nH]ccc2C(=Nc2cc(S(=O)(=O)NC)ccc2N2CCN(CC(F)(F)F)CC2)C1. The Labute approximate surface area is 203 Å². The Morgan fingerprint density at radius 1 is 1.14 bits per heavy atom. The fourth-order valence-electron chi connectivity index (χ4n) is 4.28. The van der Waals surface area contributed by atoms with Gasteiger partial charge in [-0.15, -0.1) is 0 Å². The minimum Gasteiger partial charge on any atom is -0.367 e. The number of allylic oxidation sites excluding steroid dienone is 1. The molecule has 0 bridgehead atoms. The molecule has 1 aromatic heterocycles. The molecule has 1 saturated heterocycles. The molecule has 0 spiro atoms. The number of H-pyrrole nitrogens is 1. The van der Waals surface area contributed by atoms with Crippen LogP contribution in [0, 0.1) is 0 Å². The van der Waals surface area contributed by atoms with E-state index >= 15 is 0 Å². The zero-order valence-corrected chi connectivity index (χ0v) is 20.4.